The van der Waals surface area contributed by atoms with E-state index < -0.39 is 17.2 Å². The number of carbonyl (C=O) groups excluding carboxylic acids is 1. The quantitative estimate of drug-likeness (QED) is 0.590. The van der Waals surface area contributed by atoms with Crippen molar-refractivity contribution in [1.29, 1.82) is 0 Å². The number of nitrogens with zero attached hydrogens (tertiary/aromatic N) is 4. The summed E-state index contributed by atoms with van der Waals surface area (Å²) in [6, 6.07) is 9.08. The molecule has 3 aromatic rings. The minimum Gasteiger partial charge on any atom is -0.383 e. The summed E-state index contributed by atoms with van der Waals surface area (Å²) in [7, 11) is 1.48. The molecule has 0 spiro atoms. The zero-order valence-corrected chi connectivity index (χ0v) is 15.7. The van der Waals surface area contributed by atoms with Crippen LogP contribution in [-0.4, -0.2) is 39.1 Å². The van der Waals surface area contributed by atoms with Gasteiger partial charge in [-0.1, -0.05) is 30.3 Å². The third kappa shape index (κ3) is 4.38. The molecule has 0 fully saturated rings. The lowest BCUT2D eigenvalue weighted by molar-refractivity contribution is 0.0979. The van der Waals surface area contributed by atoms with Crippen LogP contribution in [0.15, 0.2) is 58.5 Å². The fourth-order valence-electron chi connectivity index (χ4n) is 2.81. The van der Waals surface area contributed by atoms with E-state index in [1.807, 2.05) is 30.3 Å². The summed E-state index contributed by atoms with van der Waals surface area (Å²) >= 11 is 0. The van der Waals surface area contributed by atoms with Gasteiger partial charge in [0.2, 0.25) is 0 Å². The number of benzene rings is 1. The second-order valence-corrected chi connectivity index (χ2v) is 6.11. The Hall–Kier alpha value is -3.79. The molecule has 0 aliphatic carbocycles. The number of methoxy groups -OCH3 is 1. The normalized spacial score (nSPS) is 10.7. The molecule has 2 heterocycles. The number of aromatic nitrogens is 4. The van der Waals surface area contributed by atoms with Gasteiger partial charge in [0.25, 0.3) is 11.5 Å². The highest BCUT2D eigenvalue weighted by atomic mass is 16.5. The molecular weight excluding hydrogens is 376 g/mol. The van der Waals surface area contributed by atoms with Gasteiger partial charge < -0.3 is 10.5 Å². The van der Waals surface area contributed by atoms with Crippen molar-refractivity contribution in [2.24, 2.45) is 0 Å². The highest BCUT2D eigenvalue weighted by Gasteiger charge is 2.26. The molecule has 3 rings (SSSR count). The molecule has 29 heavy (non-hydrogen) atoms. The first kappa shape index (κ1) is 20.0. The monoisotopic (exact) mass is 396 g/mol. The molecule has 150 valence electrons. The number of nitrogen functional groups attached to an aromatic ring is 1. The lowest BCUT2D eigenvalue weighted by atomic mass is 10.2. The number of carbonyl (C=O) groups is 1. The topological polar surface area (TPSA) is 136 Å². The Bertz CT molecular complexity index is 1100. The van der Waals surface area contributed by atoms with Gasteiger partial charge in [-0.25, -0.2) is 9.78 Å². The van der Waals surface area contributed by atoms with E-state index in [-0.39, 0.29) is 36.9 Å². The van der Waals surface area contributed by atoms with Crippen LogP contribution in [0.5, 0.6) is 0 Å². The van der Waals surface area contributed by atoms with Gasteiger partial charge in [-0.05, 0) is 5.56 Å². The third-order valence-electron chi connectivity index (χ3n) is 4.21. The maximum Gasteiger partial charge on any atom is 0.330 e. The standard InChI is InChI=1S/C19H20N6O4/c1-29-10-9-24-16(20)15(17(26)23-19(24)28)25(12-13-5-3-2-4-6-13)18(27)14-11-21-7-8-22-14/h2-8,11H,9-10,12,20H2,1H3,(H,23,26,28). The molecule has 0 unspecified atom stereocenters. The summed E-state index contributed by atoms with van der Waals surface area (Å²) in [6.07, 6.45) is 4.11. The molecular formula is C19H20N6O4. The number of hydrogen-bond donors (Lipinski definition) is 2. The van der Waals surface area contributed by atoms with Gasteiger partial charge in [-0.3, -0.25) is 29.0 Å². The first-order valence-electron chi connectivity index (χ1n) is 8.76. The molecule has 0 saturated carbocycles. The van der Waals surface area contributed by atoms with E-state index in [1.54, 1.807) is 0 Å². The fraction of sp³-hybridized carbons (Fsp3) is 0.211. The Morgan fingerprint density at radius 2 is 2.00 bits per heavy atom. The number of hydrogen-bond acceptors (Lipinski definition) is 7. The van der Waals surface area contributed by atoms with Gasteiger partial charge in [0.15, 0.2) is 5.69 Å². The molecule has 1 amide bonds. The largest absolute Gasteiger partial charge is 0.383 e. The second kappa shape index (κ2) is 8.93. The van der Waals surface area contributed by atoms with Crippen molar-refractivity contribution in [3.8, 4) is 0 Å². The van der Waals surface area contributed by atoms with Crippen LogP contribution in [0.2, 0.25) is 0 Å². The zero-order valence-electron chi connectivity index (χ0n) is 15.7. The molecule has 0 aliphatic heterocycles. The smallest absolute Gasteiger partial charge is 0.330 e. The summed E-state index contributed by atoms with van der Waals surface area (Å²) in [4.78, 5) is 49.3. The van der Waals surface area contributed by atoms with Gasteiger partial charge in [-0.15, -0.1) is 0 Å². The molecule has 0 bridgehead atoms. The van der Waals surface area contributed by atoms with Crippen LogP contribution in [0.1, 0.15) is 16.1 Å². The van der Waals surface area contributed by atoms with Crippen molar-refractivity contribution < 1.29 is 9.53 Å². The first-order chi connectivity index (χ1) is 14.0. The predicted octanol–water partition coefficient (Wildman–Crippen LogP) is 0.402. The number of rotatable bonds is 7. The number of ether oxygens (including phenoxy) is 1. The van der Waals surface area contributed by atoms with Crippen LogP contribution >= 0.6 is 0 Å². The summed E-state index contributed by atoms with van der Waals surface area (Å²) in [5, 5.41) is 0. The van der Waals surface area contributed by atoms with Crippen LogP contribution in [-0.2, 0) is 17.8 Å². The molecule has 0 saturated heterocycles. The van der Waals surface area contributed by atoms with E-state index in [0.717, 1.165) is 10.1 Å². The zero-order chi connectivity index (χ0) is 20.8. The maximum atomic E-state index is 13.2. The number of nitrogens with two attached hydrogens (primary N) is 1. The van der Waals surface area contributed by atoms with E-state index in [0.29, 0.717) is 0 Å². The SMILES string of the molecule is COCCn1c(N)c(N(Cc2ccccc2)C(=O)c2cnccn2)c(=O)[nH]c1=O. The fourth-order valence-corrected chi connectivity index (χ4v) is 2.81. The van der Waals surface area contributed by atoms with Crippen LogP contribution in [0, 0.1) is 0 Å². The van der Waals surface area contributed by atoms with Gasteiger partial charge in [0.05, 0.1) is 25.9 Å². The second-order valence-electron chi connectivity index (χ2n) is 6.11. The van der Waals surface area contributed by atoms with Crippen LogP contribution < -0.4 is 21.9 Å². The van der Waals surface area contributed by atoms with Gasteiger partial charge in [-0.2, -0.15) is 0 Å². The van der Waals surface area contributed by atoms with Gasteiger partial charge in [0.1, 0.15) is 11.5 Å². The van der Waals surface area contributed by atoms with Crippen LogP contribution in [0.3, 0.4) is 0 Å². The maximum absolute atomic E-state index is 13.2. The van der Waals surface area contributed by atoms with E-state index >= 15 is 0 Å². The Morgan fingerprint density at radius 1 is 1.24 bits per heavy atom. The van der Waals surface area contributed by atoms with E-state index in [2.05, 4.69) is 15.0 Å². The molecule has 0 atom stereocenters. The summed E-state index contributed by atoms with van der Waals surface area (Å²) in [6.45, 7) is 0.363. The Morgan fingerprint density at radius 3 is 2.66 bits per heavy atom. The molecule has 3 N–H and O–H groups in total. The minimum absolute atomic E-state index is 0.0388. The lowest BCUT2D eigenvalue weighted by Gasteiger charge is -2.24. The highest BCUT2D eigenvalue weighted by Crippen LogP contribution is 2.21. The summed E-state index contributed by atoms with van der Waals surface area (Å²) in [5.41, 5.74) is 5.37. The molecule has 0 aliphatic rings. The Kier molecular flexibility index (Phi) is 6.15. The van der Waals surface area contributed by atoms with Crippen LogP contribution in [0.25, 0.3) is 0 Å². The number of aromatic amines is 1. The Labute approximate surface area is 165 Å². The number of H-pyrrole nitrogens is 1. The first-order valence-corrected chi connectivity index (χ1v) is 8.76. The average molecular weight is 396 g/mol. The summed E-state index contributed by atoms with van der Waals surface area (Å²) < 4.78 is 6.15. The average Bonchev–Trinajstić information content (AvgIpc) is 2.73. The van der Waals surface area contributed by atoms with Crippen molar-refractivity contribution in [2.75, 3.05) is 24.4 Å². The number of anilines is 2. The minimum atomic E-state index is -0.769. The van der Waals surface area contributed by atoms with Crippen molar-refractivity contribution >= 4 is 17.4 Å². The number of amides is 1. The van der Waals surface area contributed by atoms with Crippen molar-refractivity contribution in [3.63, 3.8) is 0 Å². The van der Waals surface area contributed by atoms with Crippen molar-refractivity contribution in [2.45, 2.75) is 13.1 Å². The molecule has 1 aromatic carbocycles. The predicted molar refractivity (Wildman–Crippen MR) is 107 cm³/mol. The van der Waals surface area contributed by atoms with Crippen molar-refractivity contribution in [3.05, 3.63) is 81.0 Å². The molecule has 10 nitrogen and oxygen atoms in total. The van der Waals surface area contributed by atoms with E-state index in [9.17, 15) is 14.4 Å². The Balaban J connectivity index is 2.14. The van der Waals surface area contributed by atoms with Crippen molar-refractivity contribution in [1.82, 2.24) is 19.5 Å². The van der Waals surface area contributed by atoms with Gasteiger partial charge >= 0.3 is 5.69 Å². The van der Waals surface area contributed by atoms with Crippen LogP contribution in [0.4, 0.5) is 11.5 Å². The lowest BCUT2D eigenvalue weighted by Crippen LogP contribution is -2.41. The number of nitrogens with one attached hydrogen (secondary N) is 1. The highest BCUT2D eigenvalue weighted by molar-refractivity contribution is 6.05. The van der Waals surface area contributed by atoms with E-state index in [1.165, 1.54) is 30.6 Å². The third-order valence-corrected chi connectivity index (χ3v) is 4.21. The van der Waals surface area contributed by atoms with E-state index in [4.69, 9.17) is 10.5 Å². The molecule has 0 radical (unpaired) electrons. The molecule has 10 heteroatoms. The molecule has 2 aromatic heterocycles. The van der Waals surface area contributed by atoms with Gasteiger partial charge in [0, 0.05) is 19.5 Å². The summed E-state index contributed by atoms with van der Waals surface area (Å²) in [5.74, 6) is -0.708.